The molecule has 3 rings (SSSR count). The van der Waals surface area contributed by atoms with Gasteiger partial charge in [0.1, 0.15) is 24.4 Å². The molecule has 1 aromatic rings. The minimum atomic E-state index is -0.824. The average molecular weight is 306 g/mol. The molecule has 1 N–H and O–H groups in total. The van der Waals surface area contributed by atoms with E-state index in [0.717, 1.165) is 5.56 Å². The fourth-order valence-corrected chi connectivity index (χ4v) is 2.89. The number of hydrogen-bond acceptors (Lipinski definition) is 5. The van der Waals surface area contributed by atoms with E-state index in [9.17, 15) is 5.11 Å². The zero-order valence-corrected chi connectivity index (χ0v) is 12.8. The predicted molar refractivity (Wildman–Crippen MR) is 79.9 cm³/mol. The Hall–Kier alpha value is -1.24. The third kappa shape index (κ3) is 3.09. The molecule has 22 heavy (non-hydrogen) atoms. The number of benzene rings is 1. The third-order valence-electron chi connectivity index (χ3n) is 3.88. The van der Waals surface area contributed by atoms with Crippen LogP contribution in [-0.2, 0) is 25.6 Å². The molecular formula is C17H22O5. The van der Waals surface area contributed by atoms with Crippen molar-refractivity contribution in [3.63, 3.8) is 0 Å². The monoisotopic (exact) mass is 306 g/mol. The van der Waals surface area contributed by atoms with Crippen LogP contribution >= 0.6 is 0 Å². The first-order valence-electron chi connectivity index (χ1n) is 7.47. The second kappa shape index (κ2) is 6.10. The van der Waals surface area contributed by atoms with Gasteiger partial charge in [0, 0.05) is 0 Å². The minimum absolute atomic E-state index is 0.363. The maximum atomic E-state index is 10.0. The zero-order valence-electron chi connectivity index (χ0n) is 12.8. The molecule has 5 heteroatoms. The second-order valence-corrected chi connectivity index (χ2v) is 6.06. The lowest BCUT2D eigenvalue weighted by molar-refractivity contribution is -0.243. The predicted octanol–water partition coefficient (Wildman–Crippen LogP) is 2.00. The van der Waals surface area contributed by atoms with Crippen molar-refractivity contribution in [2.24, 2.45) is 0 Å². The molecule has 2 aliphatic rings. The molecule has 5 atom stereocenters. The van der Waals surface area contributed by atoms with E-state index in [2.05, 4.69) is 6.58 Å². The van der Waals surface area contributed by atoms with Crippen LogP contribution < -0.4 is 0 Å². The average Bonchev–Trinajstić information content (AvgIpc) is 2.99. The lowest BCUT2D eigenvalue weighted by Crippen LogP contribution is -2.37. The van der Waals surface area contributed by atoms with Gasteiger partial charge >= 0.3 is 0 Å². The first-order valence-corrected chi connectivity index (χ1v) is 7.47. The zero-order chi connectivity index (χ0) is 15.7. The van der Waals surface area contributed by atoms with Gasteiger partial charge in [0.15, 0.2) is 12.1 Å². The Bertz CT molecular complexity index is 515. The van der Waals surface area contributed by atoms with Crippen molar-refractivity contribution < 1.29 is 24.1 Å². The summed E-state index contributed by atoms with van der Waals surface area (Å²) in [6, 6.07) is 9.84. The second-order valence-electron chi connectivity index (χ2n) is 6.06. The summed E-state index contributed by atoms with van der Waals surface area (Å²) < 4.78 is 23.4. The lowest BCUT2D eigenvalue weighted by Gasteiger charge is -2.25. The van der Waals surface area contributed by atoms with Gasteiger partial charge in [-0.15, -0.1) is 6.58 Å². The highest BCUT2D eigenvalue weighted by molar-refractivity contribution is 5.13. The van der Waals surface area contributed by atoms with E-state index in [1.54, 1.807) is 0 Å². The van der Waals surface area contributed by atoms with E-state index >= 15 is 0 Å². The van der Waals surface area contributed by atoms with E-state index in [-0.39, 0.29) is 12.2 Å². The van der Waals surface area contributed by atoms with E-state index in [1.165, 1.54) is 6.08 Å². The molecule has 0 saturated carbocycles. The summed E-state index contributed by atoms with van der Waals surface area (Å²) in [6.45, 7) is 7.71. The van der Waals surface area contributed by atoms with Gasteiger partial charge in [0.25, 0.3) is 0 Å². The number of aliphatic hydroxyl groups excluding tert-OH is 1. The van der Waals surface area contributed by atoms with Crippen LogP contribution in [0, 0.1) is 0 Å². The Morgan fingerprint density at radius 3 is 2.64 bits per heavy atom. The van der Waals surface area contributed by atoms with Crippen LogP contribution in [0.3, 0.4) is 0 Å². The van der Waals surface area contributed by atoms with Gasteiger partial charge in [0.2, 0.25) is 0 Å². The molecule has 0 aromatic heterocycles. The first-order chi connectivity index (χ1) is 10.5. The fraction of sp³-hybridized carbons (Fsp3) is 0.529. The number of hydrogen-bond donors (Lipinski definition) is 1. The summed E-state index contributed by atoms with van der Waals surface area (Å²) in [6.07, 6.45) is -1.23. The van der Waals surface area contributed by atoms with Crippen molar-refractivity contribution in [3.05, 3.63) is 48.6 Å². The Kier molecular flexibility index (Phi) is 4.34. The summed E-state index contributed by atoms with van der Waals surface area (Å²) in [5, 5.41) is 10.0. The molecule has 120 valence electrons. The molecule has 0 bridgehead atoms. The van der Waals surface area contributed by atoms with Gasteiger partial charge in [0.05, 0.1) is 6.61 Å². The number of ether oxygens (including phenoxy) is 4. The standard InChI is InChI=1S/C17H22O5/c1-4-12(18)13-14-15(22-17(2,3)21-14)16(20-13)19-10-11-8-6-5-7-9-11/h4-9,12-16,18H,1,10H2,2-3H3/t12-,13-,14+,15-,16-/m0/s1. The van der Waals surface area contributed by atoms with Crippen LogP contribution in [0.4, 0.5) is 0 Å². The van der Waals surface area contributed by atoms with E-state index in [4.69, 9.17) is 18.9 Å². The summed E-state index contributed by atoms with van der Waals surface area (Å²) >= 11 is 0. The smallest absolute Gasteiger partial charge is 0.187 e. The van der Waals surface area contributed by atoms with E-state index in [0.29, 0.717) is 6.61 Å². The SMILES string of the molecule is C=C[C@H](O)[C@@H]1O[C@H](OCc2ccccc2)[C@H]2OC(C)(C)O[C@@H]21. The Morgan fingerprint density at radius 2 is 1.95 bits per heavy atom. The van der Waals surface area contributed by atoms with Crippen LogP contribution in [0.1, 0.15) is 19.4 Å². The van der Waals surface area contributed by atoms with Gasteiger partial charge in [-0.3, -0.25) is 0 Å². The Morgan fingerprint density at radius 1 is 1.27 bits per heavy atom. The fourth-order valence-electron chi connectivity index (χ4n) is 2.89. The third-order valence-corrected chi connectivity index (χ3v) is 3.88. The van der Waals surface area contributed by atoms with Crippen molar-refractivity contribution in [2.75, 3.05) is 0 Å². The Labute approximate surface area is 130 Å². The molecule has 2 heterocycles. The summed E-state index contributed by atoms with van der Waals surface area (Å²) in [4.78, 5) is 0. The molecule has 0 unspecified atom stereocenters. The molecule has 5 nitrogen and oxygen atoms in total. The molecule has 0 spiro atoms. The van der Waals surface area contributed by atoms with Crippen molar-refractivity contribution in [2.45, 2.75) is 56.9 Å². The lowest BCUT2D eigenvalue weighted by atomic mass is 10.1. The molecule has 1 aromatic carbocycles. The van der Waals surface area contributed by atoms with Crippen LogP contribution in [-0.4, -0.2) is 41.6 Å². The molecule has 2 aliphatic heterocycles. The van der Waals surface area contributed by atoms with Crippen LogP contribution in [0.2, 0.25) is 0 Å². The van der Waals surface area contributed by atoms with Gasteiger partial charge in [-0.25, -0.2) is 0 Å². The maximum Gasteiger partial charge on any atom is 0.187 e. The maximum absolute atomic E-state index is 10.0. The normalized spacial score (nSPS) is 34.3. The molecule has 2 saturated heterocycles. The quantitative estimate of drug-likeness (QED) is 0.843. The number of fused-ring (bicyclic) bond motifs is 1. The minimum Gasteiger partial charge on any atom is -0.386 e. The highest BCUT2D eigenvalue weighted by Crippen LogP contribution is 2.40. The van der Waals surface area contributed by atoms with E-state index in [1.807, 2.05) is 44.2 Å². The van der Waals surface area contributed by atoms with Gasteiger partial charge < -0.3 is 24.1 Å². The molecule has 0 aliphatic carbocycles. The molecule has 0 amide bonds. The number of aliphatic hydroxyl groups is 1. The van der Waals surface area contributed by atoms with Gasteiger partial charge in [-0.05, 0) is 19.4 Å². The van der Waals surface area contributed by atoms with Gasteiger partial charge in [-0.1, -0.05) is 36.4 Å². The molecular weight excluding hydrogens is 284 g/mol. The number of rotatable bonds is 5. The molecule has 0 radical (unpaired) electrons. The largest absolute Gasteiger partial charge is 0.386 e. The topological polar surface area (TPSA) is 57.2 Å². The van der Waals surface area contributed by atoms with E-state index < -0.39 is 24.3 Å². The Balaban J connectivity index is 1.70. The van der Waals surface area contributed by atoms with Crippen molar-refractivity contribution in [1.82, 2.24) is 0 Å². The first kappa shape index (κ1) is 15.6. The van der Waals surface area contributed by atoms with Crippen molar-refractivity contribution in [1.29, 1.82) is 0 Å². The summed E-state index contributed by atoms with van der Waals surface area (Å²) in [5.74, 6) is -0.716. The van der Waals surface area contributed by atoms with Crippen molar-refractivity contribution >= 4 is 0 Å². The summed E-state index contributed by atoms with van der Waals surface area (Å²) in [5.41, 5.74) is 1.05. The summed E-state index contributed by atoms with van der Waals surface area (Å²) in [7, 11) is 0. The van der Waals surface area contributed by atoms with Crippen LogP contribution in [0.25, 0.3) is 0 Å². The highest BCUT2D eigenvalue weighted by atomic mass is 16.8. The van der Waals surface area contributed by atoms with Crippen LogP contribution in [0.5, 0.6) is 0 Å². The van der Waals surface area contributed by atoms with Crippen LogP contribution in [0.15, 0.2) is 43.0 Å². The highest BCUT2D eigenvalue weighted by Gasteiger charge is 2.57. The van der Waals surface area contributed by atoms with Crippen molar-refractivity contribution in [3.8, 4) is 0 Å². The van der Waals surface area contributed by atoms with Gasteiger partial charge in [-0.2, -0.15) is 0 Å². The molecule has 2 fully saturated rings.